The van der Waals surface area contributed by atoms with Crippen LogP contribution in [0.1, 0.15) is 71.0 Å². The fraction of sp³-hybridized carbons (Fsp3) is 0.913. The Morgan fingerprint density at radius 2 is 1.87 bits per heavy atom. The second-order valence-corrected chi connectivity index (χ2v) is 11.3. The van der Waals surface area contributed by atoms with Crippen molar-refractivity contribution in [3.8, 4) is 0 Å². The van der Waals surface area contributed by atoms with Crippen LogP contribution in [-0.2, 0) is 11.3 Å². The van der Waals surface area contributed by atoms with Gasteiger partial charge in [-0.15, -0.1) is 5.10 Å². The number of aryl methyl sites for hydroxylation is 1. The van der Waals surface area contributed by atoms with Crippen molar-refractivity contribution in [2.24, 2.45) is 40.9 Å². The lowest BCUT2D eigenvalue weighted by molar-refractivity contribution is -0.139. The van der Waals surface area contributed by atoms with Gasteiger partial charge in [0.2, 0.25) is 0 Å². The molecule has 4 aliphatic rings. The number of nitrogens with zero attached hydrogens (tertiary/aromatic N) is 4. The van der Waals surface area contributed by atoms with Crippen molar-refractivity contribution >= 4 is 5.78 Å². The first-order valence-corrected chi connectivity index (χ1v) is 11.8. The topological polar surface area (TPSA) is 80.9 Å². The molecule has 0 spiro atoms. The van der Waals surface area contributed by atoms with Crippen LogP contribution in [0, 0.1) is 47.8 Å². The number of hydrogen-bond acceptors (Lipinski definition) is 5. The Balaban J connectivity index is 1.35. The average Bonchev–Trinajstić information content (AvgIpc) is 3.24. The molecule has 0 bridgehead atoms. The van der Waals surface area contributed by atoms with E-state index in [-0.39, 0.29) is 29.6 Å². The summed E-state index contributed by atoms with van der Waals surface area (Å²) >= 11 is 0. The zero-order valence-electron chi connectivity index (χ0n) is 18.4. The van der Waals surface area contributed by atoms with Crippen molar-refractivity contribution in [2.75, 3.05) is 0 Å². The summed E-state index contributed by atoms with van der Waals surface area (Å²) in [6, 6.07) is 0. The largest absolute Gasteiger partial charge is 0.390 e. The highest BCUT2D eigenvalue weighted by Crippen LogP contribution is 2.65. The van der Waals surface area contributed by atoms with Crippen LogP contribution in [-0.4, -0.2) is 42.9 Å². The maximum absolute atomic E-state index is 15.4. The van der Waals surface area contributed by atoms with E-state index >= 15 is 4.39 Å². The third-order valence-corrected chi connectivity index (χ3v) is 9.65. The Bertz CT molecular complexity index is 826. The van der Waals surface area contributed by atoms with Gasteiger partial charge in [-0.25, -0.2) is 9.07 Å². The van der Waals surface area contributed by atoms with Crippen molar-refractivity contribution in [1.82, 2.24) is 20.2 Å². The minimum atomic E-state index is -0.816. The number of rotatable bonds is 3. The van der Waals surface area contributed by atoms with E-state index in [0.717, 1.165) is 38.5 Å². The van der Waals surface area contributed by atoms with Crippen LogP contribution in [0.5, 0.6) is 0 Å². The van der Waals surface area contributed by atoms with E-state index in [4.69, 9.17) is 0 Å². The lowest BCUT2D eigenvalue weighted by atomic mass is 9.48. The highest BCUT2D eigenvalue weighted by molar-refractivity contribution is 5.82. The quantitative estimate of drug-likeness (QED) is 0.812. The molecule has 1 heterocycles. The number of ketones is 1. The molecular formula is C23H35FN4O2. The number of Topliss-reactive ketones (excluding diaryl/α,β-unsaturated/α-hetero) is 1. The first kappa shape index (κ1) is 20.5. The molecule has 1 unspecified atom stereocenters. The van der Waals surface area contributed by atoms with Crippen LogP contribution in [0.3, 0.4) is 0 Å². The van der Waals surface area contributed by atoms with Crippen LogP contribution in [0.15, 0.2) is 0 Å². The Kier molecular flexibility index (Phi) is 4.84. The van der Waals surface area contributed by atoms with Crippen molar-refractivity contribution in [2.45, 2.75) is 90.5 Å². The zero-order valence-corrected chi connectivity index (χ0v) is 18.4. The maximum atomic E-state index is 15.4. The summed E-state index contributed by atoms with van der Waals surface area (Å²) in [5.41, 5.74) is -0.742. The number of aliphatic hydroxyl groups is 1. The molecule has 1 N–H and O–H groups in total. The Morgan fingerprint density at radius 1 is 1.13 bits per heavy atom. The second kappa shape index (κ2) is 7.07. The van der Waals surface area contributed by atoms with Crippen LogP contribution in [0.4, 0.5) is 4.39 Å². The van der Waals surface area contributed by atoms with Crippen LogP contribution in [0.2, 0.25) is 0 Å². The van der Waals surface area contributed by atoms with Gasteiger partial charge in [-0.05, 0) is 111 Å². The highest BCUT2D eigenvalue weighted by atomic mass is 19.1. The van der Waals surface area contributed by atoms with Crippen molar-refractivity contribution in [3.63, 3.8) is 0 Å². The van der Waals surface area contributed by atoms with Gasteiger partial charge in [0.25, 0.3) is 0 Å². The molecule has 0 radical (unpaired) electrons. The minimum absolute atomic E-state index is 0.0148. The number of aromatic nitrogens is 4. The standard InChI is InChI=1S/C23H35FN4O2/c1-13-25-26-27-28(13)12-21(29)19-5-4-18-16-10-20(24)17-11-22(2,30)8-6-15(17)14(16)7-9-23(18,19)3/h14-20,30H,4-12H2,1-3H3/t14-,15-,16-,17+,18?,19-,20-,22-,23+/m1/s1. The van der Waals surface area contributed by atoms with Gasteiger partial charge in [-0.2, -0.15) is 0 Å². The molecule has 0 aromatic carbocycles. The maximum Gasteiger partial charge on any atom is 0.158 e. The minimum Gasteiger partial charge on any atom is -0.390 e. The monoisotopic (exact) mass is 418 g/mol. The Labute approximate surface area is 178 Å². The molecule has 0 amide bonds. The van der Waals surface area contributed by atoms with E-state index < -0.39 is 11.8 Å². The van der Waals surface area contributed by atoms with Crippen LogP contribution >= 0.6 is 0 Å². The summed E-state index contributed by atoms with van der Waals surface area (Å²) in [6.07, 6.45) is 6.24. The number of tetrazole rings is 1. The molecule has 0 saturated heterocycles. The number of fused-ring (bicyclic) bond motifs is 5. The first-order valence-electron chi connectivity index (χ1n) is 11.8. The molecule has 0 aliphatic heterocycles. The van der Waals surface area contributed by atoms with Crippen LogP contribution < -0.4 is 0 Å². The summed E-state index contributed by atoms with van der Waals surface area (Å²) in [5, 5.41) is 22.0. The molecule has 4 aliphatic carbocycles. The van der Waals surface area contributed by atoms with E-state index in [0.29, 0.717) is 42.3 Å². The smallest absolute Gasteiger partial charge is 0.158 e. The Hall–Kier alpha value is -1.37. The first-order chi connectivity index (χ1) is 14.2. The van der Waals surface area contributed by atoms with Gasteiger partial charge >= 0.3 is 0 Å². The van der Waals surface area contributed by atoms with Crippen molar-refractivity contribution in [1.29, 1.82) is 0 Å². The molecule has 9 atom stereocenters. The Morgan fingerprint density at radius 3 is 2.60 bits per heavy atom. The van der Waals surface area contributed by atoms with E-state index in [9.17, 15) is 9.90 Å². The molecular weight excluding hydrogens is 383 g/mol. The number of hydrogen-bond donors (Lipinski definition) is 1. The fourth-order valence-electron chi connectivity index (χ4n) is 8.18. The predicted octanol–water partition coefficient (Wildman–Crippen LogP) is 3.52. The molecule has 7 heteroatoms. The zero-order chi connectivity index (χ0) is 21.3. The van der Waals surface area contributed by atoms with Crippen molar-refractivity contribution in [3.05, 3.63) is 5.82 Å². The van der Waals surface area contributed by atoms with Crippen molar-refractivity contribution < 1.29 is 14.3 Å². The van der Waals surface area contributed by atoms with Gasteiger partial charge in [0.15, 0.2) is 5.78 Å². The summed E-state index contributed by atoms with van der Waals surface area (Å²) in [6.45, 7) is 6.23. The second-order valence-electron chi connectivity index (χ2n) is 11.3. The van der Waals surface area contributed by atoms with E-state index in [1.807, 2.05) is 13.8 Å². The van der Waals surface area contributed by atoms with Gasteiger partial charge in [0.1, 0.15) is 18.5 Å². The third kappa shape index (κ3) is 3.14. The number of carbonyl (C=O) groups excluding carboxylic acids is 1. The van der Waals surface area contributed by atoms with Gasteiger partial charge in [0, 0.05) is 5.92 Å². The summed E-state index contributed by atoms with van der Waals surface area (Å²) < 4.78 is 17.0. The van der Waals surface area contributed by atoms with E-state index in [2.05, 4.69) is 22.4 Å². The third-order valence-electron chi connectivity index (χ3n) is 9.65. The molecule has 1 aromatic heterocycles. The summed E-state index contributed by atoms with van der Waals surface area (Å²) in [5.74, 6) is 2.72. The number of alkyl halides is 1. The molecule has 4 fully saturated rings. The molecule has 166 valence electrons. The fourth-order valence-corrected chi connectivity index (χ4v) is 8.18. The highest BCUT2D eigenvalue weighted by Gasteiger charge is 2.60. The molecule has 6 nitrogen and oxygen atoms in total. The summed E-state index contributed by atoms with van der Waals surface area (Å²) in [7, 11) is 0. The molecule has 4 saturated carbocycles. The molecule has 30 heavy (non-hydrogen) atoms. The lowest BCUT2D eigenvalue weighted by Gasteiger charge is -2.57. The summed E-state index contributed by atoms with van der Waals surface area (Å²) in [4.78, 5) is 13.2. The normalized spacial score (nSPS) is 48.0. The van der Waals surface area contributed by atoms with E-state index in [1.54, 1.807) is 4.68 Å². The van der Waals surface area contributed by atoms with Gasteiger partial charge in [-0.3, -0.25) is 4.79 Å². The number of carbonyl (C=O) groups is 1. The molecule has 1 aromatic rings. The predicted molar refractivity (Wildman–Crippen MR) is 109 cm³/mol. The van der Waals surface area contributed by atoms with Gasteiger partial charge in [-0.1, -0.05) is 6.92 Å². The van der Waals surface area contributed by atoms with Gasteiger partial charge < -0.3 is 5.11 Å². The van der Waals surface area contributed by atoms with E-state index in [1.165, 1.54) is 0 Å². The van der Waals surface area contributed by atoms with Gasteiger partial charge in [0.05, 0.1) is 5.60 Å². The molecule has 5 rings (SSSR count). The van der Waals surface area contributed by atoms with Crippen LogP contribution in [0.25, 0.3) is 0 Å². The number of halogens is 1. The lowest BCUT2D eigenvalue weighted by Crippen LogP contribution is -2.54. The SMILES string of the molecule is Cc1nnnn1CC(=O)[C@H]1CCC2[C@@H]3C[C@@H](F)[C@H]4C[C@](C)(O)CC[C@@H]4[C@H]3CC[C@@]21C. The average molecular weight is 419 g/mol.